The molecule has 0 aromatic heterocycles. The minimum atomic E-state index is -4.10. The maximum absolute atomic E-state index is 14.0. The minimum Gasteiger partial charge on any atom is -0.354 e. The van der Waals surface area contributed by atoms with Gasteiger partial charge in [-0.15, -0.1) is 0 Å². The molecule has 0 aliphatic heterocycles. The molecule has 7 nitrogen and oxygen atoms in total. The van der Waals surface area contributed by atoms with Crippen LogP contribution in [0.1, 0.15) is 37.5 Å². The monoisotopic (exact) mass is 569 g/mol. The highest BCUT2D eigenvalue weighted by atomic mass is 35.5. The van der Waals surface area contributed by atoms with Gasteiger partial charge in [-0.05, 0) is 68.1 Å². The lowest BCUT2D eigenvalue weighted by Crippen LogP contribution is -2.51. The summed E-state index contributed by atoms with van der Waals surface area (Å²) in [5, 5.41) is 3.43. The molecule has 0 saturated carbocycles. The fourth-order valence-corrected chi connectivity index (χ4v) is 5.77. The highest BCUT2D eigenvalue weighted by Gasteiger charge is 2.33. The number of carbonyl (C=O) groups excluding carboxylic acids is 2. The normalized spacial score (nSPS) is 12.2. The van der Waals surface area contributed by atoms with Crippen LogP contribution in [0.15, 0.2) is 77.7 Å². The Morgan fingerprint density at radius 2 is 1.56 bits per heavy atom. The van der Waals surface area contributed by atoms with Gasteiger partial charge in [-0.1, -0.05) is 73.5 Å². The standard InChI is InChI=1S/C30H36ClN3O4S/c1-21(2)18-32-30(36)24(5)33(19-25-12-14-26(31)15-13-25)29(35)20-34(28-16-11-22(3)17-23(28)4)39(37,38)27-9-7-6-8-10-27/h6-17,21,24H,18-20H2,1-5H3,(H,32,36). The SMILES string of the molecule is Cc1ccc(N(CC(=O)N(Cc2ccc(Cl)cc2)C(C)C(=O)NCC(C)C)S(=O)(=O)c2ccccc2)c(C)c1. The van der Waals surface area contributed by atoms with Crippen molar-refractivity contribution in [2.24, 2.45) is 5.92 Å². The molecule has 3 rings (SSSR count). The molecule has 0 spiro atoms. The predicted molar refractivity (Wildman–Crippen MR) is 156 cm³/mol. The summed E-state index contributed by atoms with van der Waals surface area (Å²) in [7, 11) is -4.10. The van der Waals surface area contributed by atoms with Crippen LogP contribution in [-0.2, 0) is 26.2 Å². The van der Waals surface area contributed by atoms with E-state index >= 15 is 0 Å². The number of carbonyl (C=O) groups is 2. The highest BCUT2D eigenvalue weighted by molar-refractivity contribution is 7.92. The van der Waals surface area contributed by atoms with Crippen LogP contribution in [-0.4, -0.2) is 44.3 Å². The fourth-order valence-electron chi connectivity index (χ4n) is 4.14. The number of aryl methyl sites for hydroxylation is 2. The molecule has 1 atom stereocenters. The molecule has 3 aromatic carbocycles. The molecule has 0 saturated heterocycles. The van der Waals surface area contributed by atoms with Crippen molar-refractivity contribution in [3.05, 3.63) is 94.5 Å². The molecule has 39 heavy (non-hydrogen) atoms. The van der Waals surface area contributed by atoms with Crippen LogP contribution in [0, 0.1) is 19.8 Å². The van der Waals surface area contributed by atoms with E-state index in [0.717, 1.165) is 15.4 Å². The predicted octanol–water partition coefficient (Wildman–Crippen LogP) is 5.34. The molecular weight excluding hydrogens is 534 g/mol. The van der Waals surface area contributed by atoms with Gasteiger partial charge in [0.1, 0.15) is 12.6 Å². The second-order valence-corrected chi connectivity index (χ2v) is 12.4. The number of nitrogens with zero attached hydrogens (tertiary/aromatic N) is 2. The van der Waals surface area contributed by atoms with E-state index in [1.165, 1.54) is 17.0 Å². The van der Waals surface area contributed by atoms with Crippen LogP contribution in [0.3, 0.4) is 0 Å². The number of hydrogen-bond donors (Lipinski definition) is 1. The van der Waals surface area contributed by atoms with Gasteiger partial charge in [-0.2, -0.15) is 0 Å². The molecule has 1 N–H and O–H groups in total. The van der Waals surface area contributed by atoms with E-state index in [1.54, 1.807) is 55.5 Å². The molecule has 0 heterocycles. The second-order valence-electron chi connectivity index (χ2n) is 10.1. The zero-order valence-electron chi connectivity index (χ0n) is 23.0. The van der Waals surface area contributed by atoms with Gasteiger partial charge in [0.15, 0.2) is 0 Å². The van der Waals surface area contributed by atoms with E-state index in [2.05, 4.69) is 5.32 Å². The van der Waals surface area contributed by atoms with E-state index in [9.17, 15) is 18.0 Å². The Hall–Kier alpha value is -3.36. The van der Waals surface area contributed by atoms with Crippen molar-refractivity contribution in [3.8, 4) is 0 Å². The number of benzene rings is 3. The van der Waals surface area contributed by atoms with E-state index < -0.39 is 28.5 Å². The van der Waals surface area contributed by atoms with Crippen molar-refractivity contribution in [2.45, 2.75) is 52.1 Å². The molecule has 2 amide bonds. The average Bonchev–Trinajstić information content (AvgIpc) is 2.90. The molecule has 208 valence electrons. The molecule has 0 aliphatic carbocycles. The summed E-state index contributed by atoms with van der Waals surface area (Å²) in [6.45, 7) is 9.45. The summed E-state index contributed by atoms with van der Waals surface area (Å²) in [6, 6.07) is 19.6. The summed E-state index contributed by atoms with van der Waals surface area (Å²) in [5.74, 6) is -0.579. The van der Waals surface area contributed by atoms with Crippen LogP contribution < -0.4 is 9.62 Å². The lowest BCUT2D eigenvalue weighted by atomic mass is 10.1. The largest absolute Gasteiger partial charge is 0.354 e. The average molecular weight is 570 g/mol. The first-order valence-corrected chi connectivity index (χ1v) is 14.7. The van der Waals surface area contributed by atoms with E-state index in [1.807, 2.05) is 39.8 Å². The van der Waals surface area contributed by atoms with Gasteiger partial charge in [0, 0.05) is 18.1 Å². The Morgan fingerprint density at radius 3 is 2.15 bits per heavy atom. The second kappa shape index (κ2) is 13.1. The third-order valence-electron chi connectivity index (χ3n) is 6.35. The number of sulfonamides is 1. The van der Waals surface area contributed by atoms with Crippen LogP contribution in [0.25, 0.3) is 0 Å². The number of hydrogen-bond acceptors (Lipinski definition) is 4. The first-order chi connectivity index (χ1) is 18.4. The Morgan fingerprint density at radius 1 is 0.923 bits per heavy atom. The van der Waals surface area contributed by atoms with Gasteiger partial charge in [0.2, 0.25) is 11.8 Å². The Bertz CT molecular complexity index is 1390. The maximum Gasteiger partial charge on any atom is 0.264 e. The molecule has 1 unspecified atom stereocenters. The summed E-state index contributed by atoms with van der Waals surface area (Å²) in [4.78, 5) is 28.5. The molecule has 0 fully saturated rings. The van der Waals surface area contributed by atoms with E-state index in [0.29, 0.717) is 22.8 Å². The minimum absolute atomic E-state index is 0.0738. The quantitative estimate of drug-likeness (QED) is 0.338. The first kappa shape index (κ1) is 30.2. The van der Waals surface area contributed by atoms with Crippen molar-refractivity contribution in [3.63, 3.8) is 0 Å². The Labute approximate surface area is 236 Å². The molecule has 0 aliphatic rings. The molecule has 0 radical (unpaired) electrons. The molecule has 3 aromatic rings. The first-order valence-electron chi connectivity index (χ1n) is 12.9. The fraction of sp³-hybridized carbons (Fsp3) is 0.333. The number of amides is 2. The highest BCUT2D eigenvalue weighted by Crippen LogP contribution is 2.28. The molecule has 0 bridgehead atoms. The van der Waals surface area contributed by atoms with Gasteiger partial charge in [-0.25, -0.2) is 8.42 Å². The van der Waals surface area contributed by atoms with Crippen LogP contribution in [0.4, 0.5) is 5.69 Å². The number of halogens is 1. The zero-order valence-corrected chi connectivity index (χ0v) is 24.6. The lowest BCUT2D eigenvalue weighted by Gasteiger charge is -2.32. The van der Waals surface area contributed by atoms with Crippen molar-refractivity contribution < 1.29 is 18.0 Å². The summed E-state index contributed by atoms with van der Waals surface area (Å²) in [5.41, 5.74) is 2.86. The van der Waals surface area contributed by atoms with Crippen molar-refractivity contribution in [2.75, 3.05) is 17.4 Å². The van der Waals surface area contributed by atoms with Gasteiger partial charge >= 0.3 is 0 Å². The number of nitrogens with one attached hydrogen (secondary N) is 1. The summed E-state index contributed by atoms with van der Waals surface area (Å²) >= 11 is 6.05. The number of rotatable bonds is 11. The topological polar surface area (TPSA) is 86.8 Å². The molecule has 9 heteroatoms. The van der Waals surface area contributed by atoms with Crippen molar-refractivity contribution >= 4 is 39.1 Å². The van der Waals surface area contributed by atoms with Gasteiger partial charge in [-0.3, -0.25) is 13.9 Å². The summed E-state index contributed by atoms with van der Waals surface area (Å²) < 4.78 is 28.9. The molecular formula is C30H36ClN3O4S. The van der Waals surface area contributed by atoms with Crippen LogP contribution in [0.2, 0.25) is 5.02 Å². The maximum atomic E-state index is 14.0. The van der Waals surface area contributed by atoms with E-state index in [-0.39, 0.29) is 23.3 Å². The Kier molecular flexibility index (Phi) is 10.2. The summed E-state index contributed by atoms with van der Waals surface area (Å²) in [6.07, 6.45) is 0. The van der Waals surface area contributed by atoms with Gasteiger partial charge < -0.3 is 10.2 Å². The van der Waals surface area contributed by atoms with Crippen LogP contribution in [0.5, 0.6) is 0 Å². The number of anilines is 1. The van der Waals surface area contributed by atoms with E-state index in [4.69, 9.17) is 11.6 Å². The lowest BCUT2D eigenvalue weighted by molar-refractivity contribution is -0.139. The van der Waals surface area contributed by atoms with Gasteiger partial charge in [0.05, 0.1) is 10.6 Å². The van der Waals surface area contributed by atoms with Gasteiger partial charge in [0.25, 0.3) is 10.0 Å². The smallest absolute Gasteiger partial charge is 0.264 e. The Balaban J connectivity index is 2.03. The third kappa shape index (κ3) is 7.83. The third-order valence-corrected chi connectivity index (χ3v) is 8.38. The van der Waals surface area contributed by atoms with Crippen molar-refractivity contribution in [1.82, 2.24) is 10.2 Å². The van der Waals surface area contributed by atoms with Crippen molar-refractivity contribution in [1.29, 1.82) is 0 Å². The van der Waals surface area contributed by atoms with Crippen LogP contribution >= 0.6 is 11.6 Å². The zero-order chi connectivity index (χ0) is 28.7.